The molecule has 3 rings (SSSR count). The maximum absolute atomic E-state index is 12.8. The molecule has 2 amide bonds. The summed E-state index contributed by atoms with van der Waals surface area (Å²) in [5.74, 6) is -0.939. The van der Waals surface area contributed by atoms with E-state index >= 15 is 0 Å². The van der Waals surface area contributed by atoms with Crippen LogP contribution in [0.4, 0.5) is 17.1 Å². The molecule has 0 spiro atoms. The molecule has 1 heterocycles. The molecular formula is C16H14BrN3O4S. The van der Waals surface area contributed by atoms with Gasteiger partial charge in [-0.3, -0.25) is 13.9 Å². The number of rotatable bonds is 3. The molecule has 0 saturated carbocycles. The monoisotopic (exact) mass is 423 g/mol. The van der Waals surface area contributed by atoms with E-state index in [2.05, 4.69) is 26.6 Å². The first-order valence-corrected chi connectivity index (χ1v) is 9.49. The lowest BCUT2D eigenvalue weighted by Gasteiger charge is -2.20. The number of carbonyl (C=O) groups is 2. The predicted molar refractivity (Wildman–Crippen MR) is 98.0 cm³/mol. The fourth-order valence-corrected chi connectivity index (χ4v) is 3.87. The molecule has 9 heteroatoms. The Bertz CT molecular complexity index is 958. The first-order valence-electron chi connectivity index (χ1n) is 7.25. The van der Waals surface area contributed by atoms with Crippen molar-refractivity contribution in [3.63, 3.8) is 0 Å². The van der Waals surface area contributed by atoms with Crippen molar-refractivity contribution < 1.29 is 18.0 Å². The smallest absolute Gasteiger partial charge is 0.264 e. The highest BCUT2D eigenvalue weighted by molar-refractivity contribution is 9.10. The van der Waals surface area contributed by atoms with E-state index in [1.54, 1.807) is 24.3 Å². The van der Waals surface area contributed by atoms with Crippen LogP contribution in [0.2, 0.25) is 0 Å². The molecule has 1 aliphatic rings. The lowest BCUT2D eigenvalue weighted by Crippen LogP contribution is -2.26. The maximum atomic E-state index is 12.8. The van der Waals surface area contributed by atoms with Crippen molar-refractivity contribution in [3.05, 3.63) is 46.9 Å². The summed E-state index contributed by atoms with van der Waals surface area (Å²) in [6.07, 6.45) is -0.310. The molecule has 7 nitrogen and oxygen atoms in total. The van der Waals surface area contributed by atoms with Crippen LogP contribution < -0.4 is 14.9 Å². The van der Waals surface area contributed by atoms with Crippen molar-refractivity contribution in [2.24, 2.45) is 0 Å². The molecule has 0 fully saturated rings. The number of benzene rings is 2. The third-order valence-electron chi connectivity index (χ3n) is 3.71. The van der Waals surface area contributed by atoms with Crippen LogP contribution in [0, 0.1) is 0 Å². The number of carbonyl (C=O) groups excluding carboxylic acids is 2. The summed E-state index contributed by atoms with van der Waals surface area (Å²) < 4.78 is 27.7. The van der Waals surface area contributed by atoms with Gasteiger partial charge in [-0.2, -0.15) is 0 Å². The minimum absolute atomic E-state index is 0.00752. The summed E-state index contributed by atoms with van der Waals surface area (Å²) in [5, 5.41) is 5.10. The fourth-order valence-electron chi connectivity index (χ4n) is 2.38. The largest absolute Gasteiger partial charge is 0.324 e. The molecule has 0 aromatic heterocycles. The Kier molecular flexibility index (Phi) is 4.53. The molecule has 25 heavy (non-hydrogen) atoms. The van der Waals surface area contributed by atoms with Crippen molar-refractivity contribution >= 4 is 54.8 Å². The van der Waals surface area contributed by atoms with Gasteiger partial charge in [0.2, 0.25) is 11.8 Å². The molecule has 0 radical (unpaired) electrons. The summed E-state index contributed by atoms with van der Waals surface area (Å²) in [5.41, 5.74) is 1.11. The molecule has 0 saturated heterocycles. The zero-order valence-electron chi connectivity index (χ0n) is 13.1. The van der Waals surface area contributed by atoms with Crippen LogP contribution in [0.25, 0.3) is 0 Å². The van der Waals surface area contributed by atoms with Crippen LogP contribution in [-0.2, 0) is 19.6 Å². The molecule has 2 aromatic rings. The molecule has 0 aliphatic carbocycles. The third kappa shape index (κ3) is 3.52. The number of nitrogens with zero attached hydrogens (tertiary/aromatic N) is 1. The Morgan fingerprint density at radius 3 is 2.20 bits per heavy atom. The zero-order valence-corrected chi connectivity index (χ0v) is 15.5. The molecule has 0 unspecified atom stereocenters. The molecule has 0 bridgehead atoms. The highest BCUT2D eigenvalue weighted by Crippen LogP contribution is 2.30. The van der Waals surface area contributed by atoms with Gasteiger partial charge in [0.15, 0.2) is 0 Å². The number of halogens is 1. The summed E-state index contributed by atoms with van der Waals surface area (Å²) >= 11 is 3.31. The first-order chi connectivity index (χ1) is 11.8. The lowest BCUT2D eigenvalue weighted by atomic mass is 10.2. The lowest BCUT2D eigenvalue weighted by molar-refractivity contribution is -0.123. The SMILES string of the molecule is CN(c1ccc(Br)cc1)S(=O)(=O)c1ccc2c(c1)NC(=O)CC(=O)N2. The summed E-state index contributed by atoms with van der Waals surface area (Å²) in [7, 11) is -2.38. The predicted octanol–water partition coefficient (Wildman–Crippen LogP) is 2.55. The van der Waals surface area contributed by atoms with Gasteiger partial charge in [-0.25, -0.2) is 8.42 Å². The Hall–Kier alpha value is -2.39. The van der Waals surface area contributed by atoms with Gasteiger partial charge in [0, 0.05) is 11.5 Å². The van der Waals surface area contributed by atoms with E-state index in [0.717, 1.165) is 8.78 Å². The standard InChI is InChI=1S/C16H14BrN3O4S/c1-20(11-4-2-10(17)3-5-11)25(23,24)12-6-7-13-14(8-12)19-16(22)9-15(21)18-13/h2-8H,9H2,1H3,(H,18,21)(H,19,22). The Labute approximate surface area is 153 Å². The van der Waals surface area contributed by atoms with Gasteiger partial charge < -0.3 is 10.6 Å². The number of fused-ring (bicyclic) bond motifs is 1. The third-order valence-corrected chi connectivity index (χ3v) is 6.02. The first kappa shape index (κ1) is 17.4. The van der Waals surface area contributed by atoms with Gasteiger partial charge in [-0.05, 0) is 42.5 Å². The van der Waals surface area contributed by atoms with Gasteiger partial charge in [0.25, 0.3) is 10.0 Å². The van der Waals surface area contributed by atoms with E-state index in [9.17, 15) is 18.0 Å². The van der Waals surface area contributed by atoms with E-state index in [4.69, 9.17) is 0 Å². The zero-order chi connectivity index (χ0) is 18.2. The summed E-state index contributed by atoms with van der Waals surface area (Å²) in [4.78, 5) is 23.2. The number of anilines is 3. The minimum Gasteiger partial charge on any atom is -0.324 e. The molecular weight excluding hydrogens is 410 g/mol. The van der Waals surface area contributed by atoms with Gasteiger partial charge in [0.05, 0.1) is 22.0 Å². The van der Waals surface area contributed by atoms with Gasteiger partial charge >= 0.3 is 0 Å². The molecule has 2 aromatic carbocycles. The second-order valence-electron chi connectivity index (χ2n) is 5.43. The maximum Gasteiger partial charge on any atom is 0.264 e. The summed E-state index contributed by atoms with van der Waals surface area (Å²) in [6.45, 7) is 0. The fraction of sp³-hybridized carbons (Fsp3) is 0.125. The van der Waals surface area contributed by atoms with Crippen LogP contribution in [0.1, 0.15) is 6.42 Å². The van der Waals surface area contributed by atoms with Crippen molar-refractivity contribution in [1.29, 1.82) is 0 Å². The molecule has 1 aliphatic heterocycles. The van der Waals surface area contributed by atoms with Crippen LogP contribution in [0.15, 0.2) is 51.8 Å². The molecule has 2 N–H and O–H groups in total. The normalized spacial score (nSPS) is 14.2. The van der Waals surface area contributed by atoms with Gasteiger partial charge in [0.1, 0.15) is 6.42 Å². The number of hydrogen-bond donors (Lipinski definition) is 2. The number of nitrogens with one attached hydrogen (secondary N) is 2. The van der Waals surface area contributed by atoms with Crippen LogP contribution in [-0.4, -0.2) is 27.3 Å². The van der Waals surface area contributed by atoms with Crippen molar-refractivity contribution in [2.45, 2.75) is 11.3 Å². The van der Waals surface area contributed by atoms with E-state index in [1.807, 2.05) is 0 Å². The Morgan fingerprint density at radius 2 is 1.56 bits per heavy atom. The van der Waals surface area contributed by atoms with Crippen LogP contribution in [0.5, 0.6) is 0 Å². The van der Waals surface area contributed by atoms with Crippen molar-refractivity contribution in [3.8, 4) is 0 Å². The summed E-state index contributed by atoms with van der Waals surface area (Å²) in [6, 6.07) is 11.0. The molecule has 0 atom stereocenters. The highest BCUT2D eigenvalue weighted by Gasteiger charge is 2.25. The van der Waals surface area contributed by atoms with Crippen molar-refractivity contribution in [1.82, 2.24) is 0 Å². The van der Waals surface area contributed by atoms with E-state index < -0.39 is 21.8 Å². The van der Waals surface area contributed by atoms with E-state index in [1.165, 1.54) is 25.2 Å². The number of amides is 2. The average Bonchev–Trinajstić information content (AvgIpc) is 2.70. The topological polar surface area (TPSA) is 95.6 Å². The number of hydrogen-bond acceptors (Lipinski definition) is 4. The van der Waals surface area contributed by atoms with Crippen molar-refractivity contribution in [2.75, 3.05) is 22.0 Å². The van der Waals surface area contributed by atoms with Crippen LogP contribution in [0.3, 0.4) is 0 Å². The molecule has 130 valence electrons. The minimum atomic E-state index is -3.83. The van der Waals surface area contributed by atoms with Crippen LogP contribution >= 0.6 is 15.9 Å². The van der Waals surface area contributed by atoms with Gasteiger partial charge in [-0.15, -0.1) is 0 Å². The highest BCUT2D eigenvalue weighted by atomic mass is 79.9. The Morgan fingerprint density at radius 1 is 0.960 bits per heavy atom. The average molecular weight is 424 g/mol. The van der Waals surface area contributed by atoms with Gasteiger partial charge in [-0.1, -0.05) is 15.9 Å². The Balaban J connectivity index is 1.99. The second-order valence-corrected chi connectivity index (χ2v) is 8.31. The van der Waals surface area contributed by atoms with E-state index in [-0.39, 0.29) is 17.0 Å². The quantitative estimate of drug-likeness (QED) is 0.741. The number of sulfonamides is 1. The van der Waals surface area contributed by atoms with E-state index in [0.29, 0.717) is 11.4 Å². The second kappa shape index (κ2) is 6.49.